The Kier molecular flexibility index (Phi) is 1.76. The summed E-state index contributed by atoms with van der Waals surface area (Å²) in [5.74, 6) is 0.0995. The van der Waals surface area contributed by atoms with Crippen molar-refractivity contribution in [2.45, 2.75) is 32.6 Å². The van der Waals surface area contributed by atoms with E-state index in [0.29, 0.717) is 6.42 Å². The van der Waals surface area contributed by atoms with E-state index in [2.05, 4.69) is 6.92 Å². The molecule has 0 heterocycles. The SMILES string of the molecule is CC1(CC(=O)CC#N)CC1. The molecule has 0 aromatic rings. The molecule has 54 valence electrons. The predicted molar refractivity (Wildman–Crippen MR) is 37.2 cm³/mol. The third kappa shape index (κ3) is 1.84. The van der Waals surface area contributed by atoms with E-state index in [1.807, 2.05) is 6.07 Å². The van der Waals surface area contributed by atoms with Crippen LogP contribution in [0.15, 0.2) is 0 Å². The van der Waals surface area contributed by atoms with Gasteiger partial charge in [-0.25, -0.2) is 0 Å². The number of hydrogen-bond donors (Lipinski definition) is 0. The molecule has 0 amide bonds. The fraction of sp³-hybridized carbons (Fsp3) is 0.750. The molecule has 1 aliphatic rings. The Labute approximate surface area is 60.8 Å². The molecule has 2 heteroatoms. The molecule has 0 aromatic heterocycles. The minimum atomic E-state index is 0.0928. The Hall–Kier alpha value is -0.840. The zero-order valence-corrected chi connectivity index (χ0v) is 6.18. The highest BCUT2D eigenvalue weighted by Gasteiger charge is 2.38. The lowest BCUT2D eigenvalue weighted by atomic mass is 10.0. The van der Waals surface area contributed by atoms with Crippen molar-refractivity contribution < 1.29 is 4.79 Å². The van der Waals surface area contributed by atoms with Gasteiger partial charge in [-0.3, -0.25) is 4.79 Å². The second-order valence-electron chi connectivity index (χ2n) is 3.36. The van der Waals surface area contributed by atoms with Crippen molar-refractivity contribution in [2.75, 3.05) is 0 Å². The second-order valence-corrected chi connectivity index (χ2v) is 3.36. The van der Waals surface area contributed by atoms with E-state index in [1.165, 1.54) is 0 Å². The van der Waals surface area contributed by atoms with Crippen molar-refractivity contribution in [1.82, 2.24) is 0 Å². The maximum Gasteiger partial charge on any atom is 0.147 e. The van der Waals surface area contributed by atoms with Crippen molar-refractivity contribution in [3.05, 3.63) is 0 Å². The molecule has 0 radical (unpaired) electrons. The molecule has 0 bridgehead atoms. The van der Waals surface area contributed by atoms with Crippen LogP contribution in [0.4, 0.5) is 0 Å². The average molecular weight is 137 g/mol. The quantitative estimate of drug-likeness (QED) is 0.593. The molecule has 0 N–H and O–H groups in total. The van der Waals surface area contributed by atoms with Gasteiger partial charge < -0.3 is 0 Å². The van der Waals surface area contributed by atoms with Gasteiger partial charge >= 0.3 is 0 Å². The van der Waals surface area contributed by atoms with Gasteiger partial charge in [0, 0.05) is 6.42 Å². The number of carbonyl (C=O) groups excluding carboxylic acids is 1. The fourth-order valence-electron chi connectivity index (χ4n) is 1.02. The third-order valence-corrected chi connectivity index (χ3v) is 2.00. The van der Waals surface area contributed by atoms with E-state index >= 15 is 0 Å². The first-order valence-electron chi connectivity index (χ1n) is 3.55. The van der Waals surface area contributed by atoms with Gasteiger partial charge in [-0.15, -0.1) is 0 Å². The molecule has 0 spiro atoms. The van der Waals surface area contributed by atoms with E-state index in [4.69, 9.17) is 5.26 Å². The molecule has 0 atom stereocenters. The molecule has 2 nitrogen and oxygen atoms in total. The van der Waals surface area contributed by atoms with Crippen LogP contribution in [-0.2, 0) is 4.79 Å². The first-order valence-corrected chi connectivity index (χ1v) is 3.55. The summed E-state index contributed by atoms with van der Waals surface area (Å²) in [5, 5.41) is 8.18. The van der Waals surface area contributed by atoms with Crippen molar-refractivity contribution in [3.63, 3.8) is 0 Å². The van der Waals surface area contributed by atoms with E-state index in [1.54, 1.807) is 0 Å². The predicted octanol–water partition coefficient (Wildman–Crippen LogP) is 1.66. The number of ketones is 1. The number of nitrogens with zero attached hydrogens (tertiary/aromatic N) is 1. The normalized spacial score (nSPS) is 19.6. The molecule has 1 rings (SSSR count). The molecule has 0 unspecified atom stereocenters. The summed E-state index contributed by atoms with van der Waals surface area (Å²) in [6, 6.07) is 1.87. The van der Waals surface area contributed by atoms with Crippen molar-refractivity contribution in [3.8, 4) is 6.07 Å². The highest BCUT2D eigenvalue weighted by molar-refractivity contribution is 5.81. The van der Waals surface area contributed by atoms with Crippen LogP contribution >= 0.6 is 0 Å². The lowest BCUT2D eigenvalue weighted by molar-refractivity contribution is -0.119. The van der Waals surface area contributed by atoms with Crippen LogP contribution in [-0.4, -0.2) is 5.78 Å². The summed E-state index contributed by atoms with van der Waals surface area (Å²) in [5.41, 5.74) is 0.272. The Morgan fingerprint density at radius 1 is 1.70 bits per heavy atom. The summed E-state index contributed by atoms with van der Waals surface area (Å²) < 4.78 is 0. The lowest BCUT2D eigenvalue weighted by Gasteiger charge is -2.02. The Balaban J connectivity index is 2.26. The summed E-state index contributed by atoms with van der Waals surface area (Å²) in [6.07, 6.45) is 3.02. The number of hydrogen-bond acceptors (Lipinski definition) is 2. The highest BCUT2D eigenvalue weighted by atomic mass is 16.1. The van der Waals surface area contributed by atoms with Crippen LogP contribution in [0.1, 0.15) is 32.6 Å². The summed E-state index contributed by atoms with van der Waals surface area (Å²) in [7, 11) is 0. The molecule has 0 aliphatic heterocycles. The molecule has 10 heavy (non-hydrogen) atoms. The monoisotopic (exact) mass is 137 g/mol. The standard InChI is InChI=1S/C8H11NO/c1-8(3-4-8)6-7(10)2-5-9/h2-4,6H2,1H3. The van der Waals surface area contributed by atoms with E-state index < -0.39 is 0 Å². The van der Waals surface area contributed by atoms with Crippen LogP contribution in [0.3, 0.4) is 0 Å². The van der Waals surface area contributed by atoms with E-state index in [9.17, 15) is 4.79 Å². The van der Waals surface area contributed by atoms with Crippen LogP contribution < -0.4 is 0 Å². The number of carbonyl (C=O) groups is 1. The maximum absolute atomic E-state index is 10.9. The van der Waals surface area contributed by atoms with Crippen LogP contribution in [0.2, 0.25) is 0 Å². The van der Waals surface area contributed by atoms with Crippen LogP contribution in [0.5, 0.6) is 0 Å². The molecule has 1 aliphatic carbocycles. The largest absolute Gasteiger partial charge is 0.299 e. The van der Waals surface area contributed by atoms with Crippen LogP contribution in [0, 0.1) is 16.7 Å². The van der Waals surface area contributed by atoms with Gasteiger partial charge in [0.25, 0.3) is 0 Å². The van der Waals surface area contributed by atoms with Gasteiger partial charge in [0.2, 0.25) is 0 Å². The molecular formula is C8H11NO. The number of rotatable bonds is 3. The summed E-state index contributed by atoms with van der Waals surface area (Å²) >= 11 is 0. The van der Waals surface area contributed by atoms with Crippen LogP contribution in [0.25, 0.3) is 0 Å². The third-order valence-electron chi connectivity index (χ3n) is 2.00. The van der Waals surface area contributed by atoms with Gasteiger partial charge in [0.05, 0.1) is 12.5 Å². The summed E-state index contributed by atoms with van der Waals surface area (Å²) in [4.78, 5) is 10.9. The maximum atomic E-state index is 10.9. The van der Waals surface area contributed by atoms with Crippen molar-refractivity contribution in [1.29, 1.82) is 5.26 Å². The van der Waals surface area contributed by atoms with Gasteiger partial charge in [0.15, 0.2) is 0 Å². The molecule has 0 aromatic carbocycles. The summed E-state index contributed by atoms with van der Waals surface area (Å²) in [6.45, 7) is 2.10. The second kappa shape index (κ2) is 2.42. The zero-order chi connectivity index (χ0) is 7.61. The van der Waals surface area contributed by atoms with Crippen molar-refractivity contribution >= 4 is 5.78 Å². The minimum Gasteiger partial charge on any atom is -0.299 e. The number of nitriles is 1. The Morgan fingerprint density at radius 2 is 2.30 bits per heavy atom. The fourth-order valence-corrected chi connectivity index (χ4v) is 1.02. The average Bonchev–Trinajstić information content (AvgIpc) is 2.48. The van der Waals surface area contributed by atoms with E-state index in [-0.39, 0.29) is 17.6 Å². The molecular weight excluding hydrogens is 126 g/mol. The Bertz CT molecular complexity index is 186. The minimum absolute atomic E-state index is 0.0928. The zero-order valence-electron chi connectivity index (χ0n) is 6.18. The molecule has 1 fully saturated rings. The smallest absolute Gasteiger partial charge is 0.147 e. The first-order chi connectivity index (χ1) is 4.66. The number of Topliss-reactive ketones (excluding diaryl/α,β-unsaturated/α-hetero) is 1. The highest BCUT2D eigenvalue weighted by Crippen LogP contribution is 2.48. The van der Waals surface area contributed by atoms with Gasteiger partial charge in [-0.1, -0.05) is 6.92 Å². The molecule has 1 saturated carbocycles. The van der Waals surface area contributed by atoms with E-state index in [0.717, 1.165) is 12.8 Å². The van der Waals surface area contributed by atoms with Gasteiger partial charge in [-0.05, 0) is 18.3 Å². The topological polar surface area (TPSA) is 40.9 Å². The van der Waals surface area contributed by atoms with Gasteiger partial charge in [-0.2, -0.15) is 5.26 Å². The van der Waals surface area contributed by atoms with Crippen molar-refractivity contribution in [2.24, 2.45) is 5.41 Å². The Morgan fingerprint density at radius 3 is 2.70 bits per heavy atom. The molecule has 0 saturated heterocycles. The van der Waals surface area contributed by atoms with Gasteiger partial charge in [0.1, 0.15) is 5.78 Å². The lowest BCUT2D eigenvalue weighted by Crippen LogP contribution is -2.04. The first kappa shape index (κ1) is 7.27.